The van der Waals surface area contributed by atoms with Crippen LogP contribution in [-0.4, -0.2) is 39.2 Å². The molecular weight excluding hydrogens is 434 g/mol. The maximum atomic E-state index is 11.0. The summed E-state index contributed by atoms with van der Waals surface area (Å²) in [4.78, 5) is 17.9. The molecule has 2 aromatic carbocycles. The van der Waals surface area contributed by atoms with Crippen LogP contribution in [0, 0.1) is 12.8 Å². The summed E-state index contributed by atoms with van der Waals surface area (Å²) in [6.07, 6.45) is 0.796. The molecular formula is C26H25N3O3S. The zero-order chi connectivity index (χ0) is 22.8. The van der Waals surface area contributed by atoms with Gasteiger partial charge in [-0.05, 0) is 46.9 Å². The molecule has 1 saturated heterocycles. The van der Waals surface area contributed by atoms with Gasteiger partial charge in [0.05, 0.1) is 11.8 Å². The minimum atomic E-state index is -0.711. The summed E-state index contributed by atoms with van der Waals surface area (Å²) >= 11 is 1.67. The molecule has 1 unspecified atom stereocenters. The molecule has 5 rings (SSSR count). The Kier molecular flexibility index (Phi) is 6.07. The van der Waals surface area contributed by atoms with E-state index in [4.69, 9.17) is 14.6 Å². The number of carboxylic acids is 1. The molecule has 0 aliphatic carbocycles. The number of nitrogens with zero attached hydrogens (tertiary/aromatic N) is 3. The van der Waals surface area contributed by atoms with Gasteiger partial charge in [-0.2, -0.15) is 16.3 Å². The Bertz CT molecular complexity index is 1210. The van der Waals surface area contributed by atoms with E-state index in [1.54, 1.807) is 11.3 Å². The average molecular weight is 460 g/mol. The largest absolute Gasteiger partial charge is 0.481 e. The molecule has 33 heavy (non-hydrogen) atoms. The van der Waals surface area contributed by atoms with Gasteiger partial charge < -0.3 is 9.63 Å². The minimum Gasteiger partial charge on any atom is -0.481 e. The predicted octanol–water partition coefficient (Wildman–Crippen LogP) is 5.00. The quantitative estimate of drug-likeness (QED) is 0.400. The van der Waals surface area contributed by atoms with Crippen LogP contribution >= 0.6 is 11.3 Å². The molecule has 0 saturated carbocycles. The fourth-order valence-electron chi connectivity index (χ4n) is 4.15. The lowest BCUT2D eigenvalue weighted by Gasteiger charge is -2.36. The zero-order valence-corrected chi connectivity index (χ0v) is 19.2. The van der Waals surface area contributed by atoms with Crippen LogP contribution in [-0.2, 0) is 17.8 Å². The van der Waals surface area contributed by atoms with Crippen LogP contribution in [0.1, 0.15) is 34.1 Å². The Morgan fingerprint density at radius 3 is 2.52 bits per heavy atom. The van der Waals surface area contributed by atoms with Gasteiger partial charge in [-0.3, -0.25) is 9.69 Å². The van der Waals surface area contributed by atoms with Crippen LogP contribution in [0.25, 0.3) is 11.4 Å². The molecule has 3 heterocycles. The highest BCUT2D eigenvalue weighted by atomic mass is 32.1. The van der Waals surface area contributed by atoms with E-state index in [2.05, 4.69) is 58.1 Å². The Balaban J connectivity index is 1.30. The van der Waals surface area contributed by atoms with Crippen molar-refractivity contribution < 1.29 is 14.4 Å². The van der Waals surface area contributed by atoms with Crippen LogP contribution in [0.4, 0.5) is 0 Å². The third-order valence-corrected chi connectivity index (χ3v) is 6.87. The first-order valence-electron chi connectivity index (χ1n) is 11.0. The summed E-state index contributed by atoms with van der Waals surface area (Å²) in [5.41, 5.74) is 5.70. The van der Waals surface area contributed by atoms with Gasteiger partial charge in [0, 0.05) is 25.2 Å². The lowest BCUT2D eigenvalue weighted by Crippen LogP contribution is -2.49. The van der Waals surface area contributed by atoms with E-state index in [1.807, 2.05) is 24.3 Å². The van der Waals surface area contributed by atoms with Crippen molar-refractivity contribution in [2.75, 3.05) is 13.1 Å². The molecule has 1 N–H and O–H groups in total. The second-order valence-corrected chi connectivity index (χ2v) is 9.46. The number of carboxylic acid groups (broad SMARTS) is 1. The fraction of sp³-hybridized carbons (Fsp3) is 0.269. The third-order valence-electron chi connectivity index (χ3n) is 6.17. The minimum absolute atomic E-state index is 0.00748. The molecule has 4 aromatic rings. The monoisotopic (exact) mass is 459 g/mol. The summed E-state index contributed by atoms with van der Waals surface area (Å²) in [7, 11) is 0. The summed E-state index contributed by atoms with van der Waals surface area (Å²) in [5, 5.41) is 17.5. The molecule has 1 fully saturated rings. The second kappa shape index (κ2) is 9.29. The number of aliphatic carboxylic acids is 1. The normalized spacial score (nSPS) is 15.3. The predicted molar refractivity (Wildman–Crippen MR) is 127 cm³/mol. The van der Waals surface area contributed by atoms with Gasteiger partial charge in [0.2, 0.25) is 11.7 Å². The fourth-order valence-corrected chi connectivity index (χ4v) is 4.86. The molecule has 1 aliphatic rings. The molecule has 6 nitrogen and oxygen atoms in total. The van der Waals surface area contributed by atoms with Crippen LogP contribution in [0.3, 0.4) is 0 Å². The number of likely N-dealkylation sites (tertiary alicyclic amines) is 1. The van der Waals surface area contributed by atoms with Gasteiger partial charge in [-0.1, -0.05) is 59.3 Å². The van der Waals surface area contributed by atoms with E-state index in [1.165, 1.54) is 16.7 Å². The van der Waals surface area contributed by atoms with E-state index in [0.717, 1.165) is 24.1 Å². The number of aryl methyl sites for hydroxylation is 1. The number of hydrogen-bond donors (Lipinski definition) is 1. The van der Waals surface area contributed by atoms with Crippen molar-refractivity contribution in [3.8, 4) is 11.4 Å². The third kappa shape index (κ3) is 4.89. The summed E-state index contributed by atoms with van der Waals surface area (Å²) in [6, 6.07) is 18.8. The van der Waals surface area contributed by atoms with E-state index in [-0.39, 0.29) is 11.8 Å². The number of carbonyl (C=O) groups is 1. The molecule has 0 amide bonds. The number of rotatable bonds is 8. The highest BCUT2D eigenvalue weighted by Crippen LogP contribution is 2.31. The van der Waals surface area contributed by atoms with Crippen LogP contribution in [0.5, 0.6) is 0 Å². The van der Waals surface area contributed by atoms with Crippen molar-refractivity contribution >= 4 is 17.3 Å². The smallest absolute Gasteiger partial charge is 0.309 e. The van der Waals surface area contributed by atoms with Crippen LogP contribution < -0.4 is 0 Å². The standard InChI is InChI=1S/C26H25N3O3S/c1-17-2-4-18(5-3-17)12-23(21-10-11-33-16-21)25-27-24(28-32-25)20-8-6-19(7-9-20)13-29-14-22(15-29)26(30)31/h2-11,16,22-23H,12-15H2,1H3,(H,30,31). The Hall–Kier alpha value is -3.29. The van der Waals surface area contributed by atoms with Crippen LogP contribution in [0.15, 0.2) is 69.9 Å². The van der Waals surface area contributed by atoms with E-state index in [0.29, 0.717) is 24.8 Å². The molecule has 168 valence electrons. The number of aromatic nitrogens is 2. The van der Waals surface area contributed by atoms with Crippen molar-refractivity contribution in [3.05, 3.63) is 93.5 Å². The molecule has 2 aromatic heterocycles. The topological polar surface area (TPSA) is 79.5 Å². The Morgan fingerprint density at radius 1 is 1.12 bits per heavy atom. The molecule has 0 bridgehead atoms. The van der Waals surface area contributed by atoms with Gasteiger partial charge in [0.1, 0.15) is 0 Å². The summed E-state index contributed by atoms with van der Waals surface area (Å²) in [5.74, 6) is 0.257. The molecule has 0 spiro atoms. The maximum absolute atomic E-state index is 11.0. The van der Waals surface area contributed by atoms with E-state index < -0.39 is 5.97 Å². The van der Waals surface area contributed by atoms with Gasteiger partial charge in [-0.25, -0.2) is 0 Å². The van der Waals surface area contributed by atoms with Gasteiger partial charge >= 0.3 is 5.97 Å². The first-order chi connectivity index (χ1) is 16.0. The van der Waals surface area contributed by atoms with Crippen LogP contribution in [0.2, 0.25) is 0 Å². The first kappa shape index (κ1) is 21.6. The SMILES string of the molecule is Cc1ccc(CC(c2ccsc2)c2nc(-c3ccc(CN4CC(C(=O)O)C4)cc3)no2)cc1. The van der Waals surface area contributed by atoms with Gasteiger partial charge in [-0.15, -0.1) is 0 Å². The van der Waals surface area contributed by atoms with E-state index >= 15 is 0 Å². The molecule has 0 radical (unpaired) electrons. The molecule has 7 heteroatoms. The van der Waals surface area contributed by atoms with Crippen molar-refractivity contribution in [3.63, 3.8) is 0 Å². The Labute approximate surface area is 196 Å². The molecule has 1 atom stereocenters. The molecule has 1 aliphatic heterocycles. The van der Waals surface area contributed by atoms with Gasteiger partial charge in [0.25, 0.3) is 0 Å². The first-order valence-corrected chi connectivity index (χ1v) is 11.9. The van der Waals surface area contributed by atoms with Crippen molar-refractivity contribution in [2.45, 2.75) is 25.8 Å². The second-order valence-electron chi connectivity index (χ2n) is 8.68. The number of benzene rings is 2. The Morgan fingerprint density at radius 2 is 1.85 bits per heavy atom. The average Bonchev–Trinajstić information content (AvgIpc) is 3.48. The number of thiophene rings is 1. The highest BCUT2D eigenvalue weighted by Gasteiger charge is 2.32. The van der Waals surface area contributed by atoms with Crippen molar-refractivity contribution in [1.29, 1.82) is 0 Å². The summed E-state index contributed by atoms with van der Waals surface area (Å²) in [6.45, 7) is 4.05. The zero-order valence-electron chi connectivity index (χ0n) is 18.3. The van der Waals surface area contributed by atoms with Crippen molar-refractivity contribution in [1.82, 2.24) is 15.0 Å². The summed E-state index contributed by atoms with van der Waals surface area (Å²) < 4.78 is 5.74. The van der Waals surface area contributed by atoms with Crippen molar-refractivity contribution in [2.24, 2.45) is 5.92 Å². The highest BCUT2D eigenvalue weighted by molar-refractivity contribution is 7.08. The van der Waals surface area contributed by atoms with Gasteiger partial charge in [0.15, 0.2) is 0 Å². The lowest BCUT2D eigenvalue weighted by molar-refractivity contribution is -0.147. The maximum Gasteiger partial charge on any atom is 0.309 e. The lowest BCUT2D eigenvalue weighted by atomic mass is 9.93. The number of hydrogen-bond acceptors (Lipinski definition) is 6. The van der Waals surface area contributed by atoms with E-state index in [9.17, 15) is 4.79 Å².